The van der Waals surface area contributed by atoms with Gasteiger partial charge in [-0.1, -0.05) is 19.8 Å². The lowest BCUT2D eigenvalue weighted by atomic mass is 9.88. The van der Waals surface area contributed by atoms with E-state index >= 15 is 0 Å². The SMILES string of the molecule is CC1(CNC2CCCC2)COC1. The van der Waals surface area contributed by atoms with Crippen LogP contribution >= 0.6 is 0 Å². The van der Waals surface area contributed by atoms with Crippen LogP contribution < -0.4 is 5.32 Å². The van der Waals surface area contributed by atoms with E-state index < -0.39 is 0 Å². The highest BCUT2D eigenvalue weighted by atomic mass is 16.5. The monoisotopic (exact) mass is 169 g/mol. The van der Waals surface area contributed by atoms with Crippen LogP contribution in [0, 0.1) is 5.41 Å². The van der Waals surface area contributed by atoms with E-state index in [0.717, 1.165) is 25.8 Å². The van der Waals surface area contributed by atoms with Crippen molar-refractivity contribution in [2.75, 3.05) is 19.8 Å². The second kappa shape index (κ2) is 3.35. The molecule has 0 amide bonds. The zero-order chi connectivity index (χ0) is 8.44. The molecule has 0 bridgehead atoms. The molecule has 1 aliphatic heterocycles. The molecule has 0 spiro atoms. The number of rotatable bonds is 3. The van der Waals surface area contributed by atoms with E-state index in [1.807, 2.05) is 0 Å². The average Bonchev–Trinajstić information content (AvgIpc) is 2.49. The van der Waals surface area contributed by atoms with Crippen molar-refractivity contribution in [3.8, 4) is 0 Å². The fourth-order valence-electron chi connectivity index (χ4n) is 2.07. The molecule has 0 aromatic carbocycles. The van der Waals surface area contributed by atoms with E-state index in [9.17, 15) is 0 Å². The molecule has 1 aliphatic carbocycles. The van der Waals surface area contributed by atoms with Crippen LogP contribution in [-0.4, -0.2) is 25.8 Å². The summed E-state index contributed by atoms with van der Waals surface area (Å²) in [4.78, 5) is 0. The predicted molar refractivity (Wildman–Crippen MR) is 49.2 cm³/mol. The molecule has 0 aromatic heterocycles. The van der Waals surface area contributed by atoms with Crippen LogP contribution in [0.1, 0.15) is 32.6 Å². The Morgan fingerprint density at radius 3 is 2.50 bits per heavy atom. The minimum absolute atomic E-state index is 0.447. The van der Waals surface area contributed by atoms with Gasteiger partial charge in [0.05, 0.1) is 13.2 Å². The van der Waals surface area contributed by atoms with E-state index in [1.54, 1.807) is 0 Å². The van der Waals surface area contributed by atoms with Gasteiger partial charge in [0.1, 0.15) is 0 Å². The molecule has 1 heterocycles. The summed E-state index contributed by atoms with van der Waals surface area (Å²) in [6, 6.07) is 0.808. The third-order valence-electron chi connectivity index (χ3n) is 3.07. The summed E-state index contributed by atoms with van der Waals surface area (Å²) in [5.74, 6) is 0. The van der Waals surface area contributed by atoms with Crippen molar-refractivity contribution in [3.05, 3.63) is 0 Å². The maximum Gasteiger partial charge on any atom is 0.0554 e. The highest BCUT2D eigenvalue weighted by molar-refractivity contribution is 4.85. The molecular weight excluding hydrogens is 150 g/mol. The summed E-state index contributed by atoms with van der Waals surface area (Å²) < 4.78 is 5.21. The summed E-state index contributed by atoms with van der Waals surface area (Å²) in [5, 5.41) is 3.64. The van der Waals surface area contributed by atoms with E-state index in [1.165, 1.54) is 25.7 Å². The van der Waals surface area contributed by atoms with E-state index in [0.29, 0.717) is 5.41 Å². The second-order valence-electron chi connectivity index (χ2n) is 4.67. The molecule has 1 saturated carbocycles. The van der Waals surface area contributed by atoms with Crippen LogP contribution in [0.2, 0.25) is 0 Å². The van der Waals surface area contributed by atoms with E-state index in [-0.39, 0.29) is 0 Å². The molecule has 1 saturated heterocycles. The van der Waals surface area contributed by atoms with Gasteiger partial charge in [0.15, 0.2) is 0 Å². The third-order valence-corrected chi connectivity index (χ3v) is 3.07. The molecule has 70 valence electrons. The molecule has 2 rings (SSSR count). The first-order chi connectivity index (χ1) is 5.79. The molecule has 2 aliphatic rings. The first-order valence-electron chi connectivity index (χ1n) is 5.10. The van der Waals surface area contributed by atoms with Gasteiger partial charge in [-0.2, -0.15) is 0 Å². The molecule has 1 N–H and O–H groups in total. The first-order valence-corrected chi connectivity index (χ1v) is 5.10. The lowest BCUT2D eigenvalue weighted by Crippen LogP contribution is -2.49. The highest BCUT2D eigenvalue weighted by Crippen LogP contribution is 2.26. The fraction of sp³-hybridized carbons (Fsp3) is 1.00. The largest absolute Gasteiger partial charge is 0.380 e. The molecule has 2 nitrogen and oxygen atoms in total. The number of nitrogens with one attached hydrogen (secondary N) is 1. The zero-order valence-electron chi connectivity index (χ0n) is 7.94. The Kier molecular flexibility index (Phi) is 2.37. The zero-order valence-corrected chi connectivity index (χ0v) is 7.94. The van der Waals surface area contributed by atoms with Crippen molar-refractivity contribution < 1.29 is 4.74 Å². The van der Waals surface area contributed by atoms with Crippen molar-refractivity contribution in [2.24, 2.45) is 5.41 Å². The average molecular weight is 169 g/mol. The Hall–Kier alpha value is -0.0800. The highest BCUT2D eigenvalue weighted by Gasteiger charge is 2.33. The standard InChI is InChI=1S/C10H19NO/c1-10(7-12-8-10)6-11-9-4-2-3-5-9/h9,11H,2-8H2,1H3. The Morgan fingerprint density at radius 2 is 2.00 bits per heavy atom. The van der Waals surface area contributed by atoms with Crippen molar-refractivity contribution in [1.82, 2.24) is 5.32 Å². The molecule has 12 heavy (non-hydrogen) atoms. The maximum absolute atomic E-state index is 5.21. The van der Waals surface area contributed by atoms with Crippen LogP contribution in [0.4, 0.5) is 0 Å². The summed E-state index contributed by atoms with van der Waals surface area (Å²) in [6.45, 7) is 5.36. The molecule has 2 heteroatoms. The van der Waals surface area contributed by atoms with Crippen molar-refractivity contribution in [1.29, 1.82) is 0 Å². The first kappa shape index (κ1) is 8.52. The summed E-state index contributed by atoms with van der Waals surface area (Å²) >= 11 is 0. The Labute approximate surface area is 74.7 Å². The fourth-order valence-corrected chi connectivity index (χ4v) is 2.07. The van der Waals surface area contributed by atoms with Gasteiger partial charge in [0.2, 0.25) is 0 Å². The van der Waals surface area contributed by atoms with Gasteiger partial charge in [-0.15, -0.1) is 0 Å². The molecule has 0 radical (unpaired) electrons. The van der Waals surface area contributed by atoms with Gasteiger partial charge >= 0.3 is 0 Å². The van der Waals surface area contributed by atoms with Crippen LogP contribution in [0.5, 0.6) is 0 Å². The summed E-state index contributed by atoms with van der Waals surface area (Å²) in [6.07, 6.45) is 5.61. The maximum atomic E-state index is 5.21. The Morgan fingerprint density at radius 1 is 1.33 bits per heavy atom. The van der Waals surface area contributed by atoms with Crippen LogP contribution in [0.3, 0.4) is 0 Å². The van der Waals surface area contributed by atoms with Crippen molar-refractivity contribution in [3.63, 3.8) is 0 Å². The van der Waals surface area contributed by atoms with Gasteiger partial charge in [0, 0.05) is 18.0 Å². The minimum atomic E-state index is 0.447. The lowest BCUT2D eigenvalue weighted by molar-refractivity contribution is -0.0999. The van der Waals surface area contributed by atoms with Crippen LogP contribution in [-0.2, 0) is 4.74 Å². The second-order valence-corrected chi connectivity index (χ2v) is 4.67. The summed E-state index contributed by atoms with van der Waals surface area (Å²) in [5.41, 5.74) is 0.447. The number of hydrogen-bond donors (Lipinski definition) is 1. The summed E-state index contributed by atoms with van der Waals surface area (Å²) in [7, 11) is 0. The molecular formula is C10H19NO. The van der Waals surface area contributed by atoms with Gasteiger partial charge in [-0.25, -0.2) is 0 Å². The molecule has 0 unspecified atom stereocenters. The Bertz CT molecular complexity index is 148. The van der Waals surface area contributed by atoms with E-state index in [4.69, 9.17) is 4.74 Å². The smallest absolute Gasteiger partial charge is 0.0554 e. The number of hydrogen-bond acceptors (Lipinski definition) is 2. The normalized spacial score (nSPS) is 28.8. The van der Waals surface area contributed by atoms with Gasteiger partial charge in [-0.05, 0) is 12.8 Å². The number of ether oxygens (including phenoxy) is 1. The Balaban J connectivity index is 1.67. The lowest BCUT2D eigenvalue weighted by Gasteiger charge is -2.39. The minimum Gasteiger partial charge on any atom is -0.380 e. The van der Waals surface area contributed by atoms with Crippen molar-refractivity contribution in [2.45, 2.75) is 38.6 Å². The molecule has 0 atom stereocenters. The van der Waals surface area contributed by atoms with Gasteiger partial charge in [-0.3, -0.25) is 0 Å². The topological polar surface area (TPSA) is 21.3 Å². The van der Waals surface area contributed by atoms with Crippen LogP contribution in [0.15, 0.2) is 0 Å². The van der Waals surface area contributed by atoms with Gasteiger partial charge in [0.25, 0.3) is 0 Å². The van der Waals surface area contributed by atoms with E-state index in [2.05, 4.69) is 12.2 Å². The predicted octanol–water partition coefficient (Wildman–Crippen LogP) is 1.56. The molecule has 0 aromatic rings. The van der Waals surface area contributed by atoms with Crippen molar-refractivity contribution >= 4 is 0 Å². The quantitative estimate of drug-likeness (QED) is 0.692. The van der Waals surface area contributed by atoms with Crippen LogP contribution in [0.25, 0.3) is 0 Å². The molecule has 2 fully saturated rings. The third kappa shape index (κ3) is 1.80. The van der Waals surface area contributed by atoms with Gasteiger partial charge < -0.3 is 10.1 Å².